The van der Waals surface area contributed by atoms with Gasteiger partial charge in [-0.25, -0.2) is 9.97 Å². The number of rotatable bonds is 8. The number of aryl methyl sites for hydroxylation is 1. The zero-order valence-corrected chi connectivity index (χ0v) is 22.2. The van der Waals surface area contributed by atoms with E-state index in [4.69, 9.17) is 9.47 Å². The first kappa shape index (κ1) is 26.0. The number of anilines is 2. The molecule has 202 valence electrons. The third-order valence-corrected chi connectivity index (χ3v) is 6.79. The fourth-order valence-electron chi connectivity index (χ4n) is 4.61. The van der Waals surface area contributed by atoms with Crippen LogP contribution in [-0.2, 0) is 4.79 Å². The van der Waals surface area contributed by atoms with Crippen LogP contribution in [0.25, 0.3) is 22.3 Å². The summed E-state index contributed by atoms with van der Waals surface area (Å²) in [6.45, 7) is 5.17. The number of carbonyl (C=O) groups excluding carboxylic acids is 2. The standard InChI is InChI=1S/C27H30N8O4/c1-15-6-5-7-35(15)14-23(36)31-19-10-21(16(2)28-12-19)33-25(37)18-8-17-9-22(32-24(17)29-11-18)20-13-30-27(39-4)34-26(20)38-3/h8-13,15H,5-7,14H2,1-4H3,(H,29,32)(H,31,36)(H,33,37)/t15-/m0/s1. The normalized spacial score (nSPS) is 15.3. The van der Waals surface area contributed by atoms with E-state index < -0.39 is 0 Å². The molecule has 39 heavy (non-hydrogen) atoms. The molecule has 0 bridgehead atoms. The number of methoxy groups -OCH3 is 2. The first-order valence-corrected chi connectivity index (χ1v) is 12.6. The zero-order chi connectivity index (χ0) is 27.5. The highest BCUT2D eigenvalue weighted by molar-refractivity contribution is 6.06. The molecule has 0 unspecified atom stereocenters. The van der Waals surface area contributed by atoms with Gasteiger partial charge in [0.25, 0.3) is 5.91 Å². The smallest absolute Gasteiger partial charge is 0.319 e. The zero-order valence-electron chi connectivity index (χ0n) is 22.2. The lowest BCUT2D eigenvalue weighted by Gasteiger charge is -2.20. The van der Waals surface area contributed by atoms with Gasteiger partial charge in [0, 0.05) is 23.8 Å². The molecule has 1 saturated heterocycles. The molecule has 1 aliphatic rings. The lowest BCUT2D eigenvalue weighted by molar-refractivity contribution is -0.117. The molecule has 4 aromatic heterocycles. The number of aromatic nitrogens is 5. The van der Waals surface area contributed by atoms with E-state index in [1.165, 1.54) is 20.4 Å². The fraction of sp³-hybridized carbons (Fsp3) is 0.333. The second-order valence-electron chi connectivity index (χ2n) is 9.45. The van der Waals surface area contributed by atoms with E-state index in [0.29, 0.717) is 58.0 Å². The molecule has 0 saturated carbocycles. The Balaban J connectivity index is 1.31. The Morgan fingerprint density at radius 3 is 2.67 bits per heavy atom. The number of nitrogens with one attached hydrogen (secondary N) is 3. The van der Waals surface area contributed by atoms with Crippen molar-refractivity contribution in [2.45, 2.75) is 32.7 Å². The van der Waals surface area contributed by atoms with E-state index in [2.05, 4.69) is 47.4 Å². The molecule has 1 aliphatic heterocycles. The number of likely N-dealkylation sites (tertiary alicyclic amines) is 1. The Hall–Kier alpha value is -4.58. The molecule has 0 aromatic carbocycles. The highest BCUT2D eigenvalue weighted by atomic mass is 16.5. The Morgan fingerprint density at radius 2 is 1.92 bits per heavy atom. The average Bonchev–Trinajstić information content (AvgIpc) is 3.55. The Labute approximate surface area is 225 Å². The molecule has 5 heterocycles. The van der Waals surface area contributed by atoms with Gasteiger partial charge < -0.3 is 25.1 Å². The number of nitrogens with zero attached hydrogens (tertiary/aromatic N) is 5. The minimum absolute atomic E-state index is 0.108. The molecule has 4 aromatic rings. The molecular weight excluding hydrogens is 500 g/mol. The summed E-state index contributed by atoms with van der Waals surface area (Å²) >= 11 is 0. The van der Waals surface area contributed by atoms with Crippen LogP contribution in [0.4, 0.5) is 11.4 Å². The lowest BCUT2D eigenvalue weighted by atomic mass is 10.2. The summed E-state index contributed by atoms with van der Waals surface area (Å²) in [7, 11) is 2.99. The summed E-state index contributed by atoms with van der Waals surface area (Å²) < 4.78 is 10.4. The van der Waals surface area contributed by atoms with Gasteiger partial charge in [-0.2, -0.15) is 4.98 Å². The minimum Gasteiger partial charge on any atom is -0.480 e. The number of H-pyrrole nitrogens is 1. The topological polar surface area (TPSA) is 147 Å². The average molecular weight is 531 g/mol. The number of hydrogen-bond donors (Lipinski definition) is 3. The maximum absolute atomic E-state index is 13.1. The second-order valence-corrected chi connectivity index (χ2v) is 9.45. The summed E-state index contributed by atoms with van der Waals surface area (Å²) in [6.07, 6.45) is 6.87. The van der Waals surface area contributed by atoms with Gasteiger partial charge in [0.2, 0.25) is 11.8 Å². The van der Waals surface area contributed by atoms with Crippen molar-refractivity contribution in [1.82, 2.24) is 29.8 Å². The van der Waals surface area contributed by atoms with Gasteiger partial charge in [0.1, 0.15) is 5.65 Å². The summed E-state index contributed by atoms with van der Waals surface area (Å²) in [6, 6.07) is 5.88. The third kappa shape index (κ3) is 5.65. The minimum atomic E-state index is -0.350. The molecule has 0 spiro atoms. The number of aromatic amines is 1. The van der Waals surface area contributed by atoms with Gasteiger partial charge in [0.05, 0.1) is 60.9 Å². The Bertz CT molecular complexity index is 1540. The first-order chi connectivity index (χ1) is 18.8. The molecule has 2 amide bonds. The number of pyridine rings is 2. The van der Waals surface area contributed by atoms with Crippen molar-refractivity contribution in [2.24, 2.45) is 0 Å². The van der Waals surface area contributed by atoms with Crippen LogP contribution in [0.2, 0.25) is 0 Å². The number of amides is 2. The highest BCUT2D eigenvalue weighted by Crippen LogP contribution is 2.30. The fourth-order valence-corrected chi connectivity index (χ4v) is 4.61. The molecule has 0 aliphatic carbocycles. The van der Waals surface area contributed by atoms with E-state index in [-0.39, 0.29) is 17.8 Å². The second kappa shape index (κ2) is 11.0. The molecule has 12 nitrogen and oxygen atoms in total. The van der Waals surface area contributed by atoms with Gasteiger partial charge >= 0.3 is 6.01 Å². The number of carbonyl (C=O) groups is 2. The Kier molecular flexibility index (Phi) is 7.37. The van der Waals surface area contributed by atoms with Gasteiger partial charge in [-0.3, -0.25) is 19.5 Å². The van der Waals surface area contributed by atoms with Gasteiger partial charge in [-0.05, 0) is 51.4 Å². The van der Waals surface area contributed by atoms with Crippen LogP contribution < -0.4 is 20.1 Å². The van der Waals surface area contributed by atoms with Crippen molar-refractivity contribution in [3.05, 3.63) is 48.0 Å². The van der Waals surface area contributed by atoms with Crippen LogP contribution in [0.5, 0.6) is 11.9 Å². The van der Waals surface area contributed by atoms with Crippen LogP contribution in [-0.4, -0.2) is 75.0 Å². The maximum atomic E-state index is 13.1. The summed E-state index contributed by atoms with van der Waals surface area (Å²) in [4.78, 5) is 48.2. The lowest BCUT2D eigenvalue weighted by Crippen LogP contribution is -2.35. The van der Waals surface area contributed by atoms with Crippen LogP contribution in [0.3, 0.4) is 0 Å². The molecule has 3 N–H and O–H groups in total. The van der Waals surface area contributed by atoms with E-state index in [0.717, 1.165) is 24.8 Å². The van der Waals surface area contributed by atoms with E-state index in [1.54, 1.807) is 31.5 Å². The predicted molar refractivity (Wildman–Crippen MR) is 146 cm³/mol. The van der Waals surface area contributed by atoms with Crippen molar-refractivity contribution in [3.8, 4) is 23.1 Å². The SMILES string of the molecule is COc1ncc(-c2cc3cc(C(=O)Nc4cc(NC(=O)CN5CCC[C@@H]5C)cnc4C)cnc3[nH]2)c(OC)n1. The quantitative estimate of drug-likeness (QED) is 0.312. The van der Waals surface area contributed by atoms with Crippen molar-refractivity contribution < 1.29 is 19.1 Å². The Morgan fingerprint density at radius 1 is 1.08 bits per heavy atom. The molecule has 0 radical (unpaired) electrons. The number of fused-ring (bicyclic) bond motifs is 1. The van der Waals surface area contributed by atoms with Crippen LogP contribution in [0.1, 0.15) is 35.8 Å². The molecule has 1 fully saturated rings. The summed E-state index contributed by atoms with van der Waals surface area (Å²) in [5, 5.41) is 6.50. The van der Waals surface area contributed by atoms with E-state index in [9.17, 15) is 9.59 Å². The summed E-state index contributed by atoms with van der Waals surface area (Å²) in [5.41, 5.74) is 3.91. The molecule has 1 atom stereocenters. The monoisotopic (exact) mass is 530 g/mol. The van der Waals surface area contributed by atoms with Crippen molar-refractivity contribution in [1.29, 1.82) is 0 Å². The molecule has 12 heteroatoms. The first-order valence-electron chi connectivity index (χ1n) is 12.6. The van der Waals surface area contributed by atoms with Crippen LogP contribution >= 0.6 is 0 Å². The van der Waals surface area contributed by atoms with Crippen LogP contribution in [0.15, 0.2) is 36.8 Å². The van der Waals surface area contributed by atoms with Crippen molar-refractivity contribution in [3.63, 3.8) is 0 Å². The van der Waals surface area contributed by atoms with E-state index >= 15 is 0 Å². The maximum Gasteiger partial charge on any atom is 0.319 e. The highest BCUT2D eigenvalue weighted by Gasteiger charge is 2.22. The summed E-state index contributed by atoms with van der Waals surface area (Å²) in [5.74, 6) is -0.114. The molecule has 5 rings (SSSR count). The number of ether oxygens (including phenoxy) is 2. The molecular formula is C27H30N8O4. The number of hydrogen-bond acceptors (Lipinski definition) is 9. The van der Waals surface area contributed by atoms with Gasteiger partial charge in [0.15, 0.2) is 0 Å². The predicted octanol–water partition coefficient (Wildman–Crippen LogP) is 3.42. The third-order valence-electron chi connectivity index (χ3n) is 6.79. The van der Waals surface area contributed by atoms with Crippen molar-refractivity contribution in [2.75, 3.05) is 37.9 Å². The largest absolute Gasteiger partial charge is 0.480 e. The van der Waals surface area contributed by atoms with E-state index in [1.807, 2.05) is 6.07 Å². The van der Waals surface area contributed by atoms with Gasteiger partial charge in [-0.15, -0.1) is 0 Å². The van der Waals surface area contributed by atoms with Crippen LogP contribution in [0, 0.1) is 6.92 Å². The van der Waals surface area contributed by atoms with Crippen molar-refractivity contribution >= 4 is 34.2 Å². The van der Waals surface area contributed by atoms with Gasteiger partial charge in [-0.1, -0.05) is 0 Å².